The first kappa shape index (κ1) is 18.5. The maximum Gasteiger partial charge on any atom is 0.189 e. The van der Waals surface area contributed by atoms with Crippen LogP contribution in [-0.4, -0.2) is 23.9 Å². The van der Waals surface area contributed by atoms with Gasteiger partial charge >= 0.3 is 0 Å². The quantitative estimate of drug-likeness (QED) is 0.588. The van der Waals surface area contributed by atoms with Crippen molar-refractivity contribution in [2.24, 2.45) is 10.7 Å². The number of nitrogens with one attached hydrogen (secondary N) is 1. The molecule has 0 aliphatic heterocycles. The Labute approximate surface area is 156 Å². The third kappa shape index (κ3) is 5.63. The van der Waals surface area contributed by atoms with E-state index in [4.69, 9.17) is 10.2 Å². The summed E-state index contributed by atoms with van der Waals surface area (Å²) in [7, 11) is 2.10. The van der Waals surface area contributed by atoms with Crippen LogP contribution in [0.5, 0.6) is 0 Å². The van der Waals surface area contributed by atoms with E-state index in [1.54, 1.807) is 6.26 Å². The molecule has 0 saturated heterocycles. The van der Waals surface area contributed by atoms with E-state index in [1.807, 2.05) is 12.1 Å². The highest BCUT2D eigenvalue weighted by molar-refractivity contribution is 5.78. The van der Waals surface area contributed by atoms with Gasteiger partial charge in [0, 0.05) is 12.6 Å². The number of rotatable bonds is 7. The van der Waals surface area contributed by atoms with Gasteiger partial charge in [-0.1, -0.05) is 43.5 Å². The second-order valence-corrected chi connectivity index (χ2v) is 7.20. The van der Waals surface area contributed by atoms with Crippen molar-refractivity contribution in [2.75, 3.05) is 7.05 Å². The van der Waals surface area contributed by atoms with Crippen LogP contribution in [0.2, 0.25) is 0 Å². The molecular weight excluding hydrogens is 324 g/mol. The molecule has 5 nitrogen and oxygen atoms in total. The van der Waals surface area contributed by atoms with Crippen LogP contribution in [0, 0.1) is 0 Å². The van der Waals surface area contributed by atoms with Gasteiger partial charge in [0.05, 0.1) is 19.4 Å². The molecule has 140 valence electrons. The molecule has 0 atom stereocenters. The van der Waals surface area contributed by atoms with Crippen LogP contribution in [-0.2, 0) is 19.6 Å². The lowest BCUT2D eigenvalue weighted by Gasteiger charge is -2.23. The fourth-order valence-electron chi connectivity index (χ4n) is 3.55. The summed E-state index contributed by atoms with van der Waals surface area (Å²) in [6.07, 6.45) is 8.03. The minimum Gasteiger partial charge on any atom is -0.468 e. The van der Waals surface area contributed by atoms with Crippen LogP contribution in [0.3, 0.4) is 0 Å². The predicted molar refractivity (Wildman–Crippen MR) is 106 cm³/mol. The van der Waals surface area contributed by atoms with E-state index in [9.17, 15) is 0 Å². The minimum atomic E-state index is 0.488. The zero-order valence-corrected chi connectivity index (χ0v) is 15.7. The number of guanidine groups is 1. The highest BCUT2D eigenvalue weighted by Crippen LogP contribution is 2.17. The summed E-state index contributed by atoms with van der Waals surface area (Å²) >= 11 is 0. The van der Waals surface area contributed by atoms with Crippen molar-refractivity contribution in [3.63, 3.8) is 0 Å². The maximum absolute atomic E-state index is 6.11. The summed E-state index contributed by atoms with van der Waals surface area (Å²) in [6, 6.07) is 12.8. The molecular formula is C21H30N4O. The van der Waals surface area contributed by atoms with Gasteiger partial charge in [0.1, 0.15) is 5.76 Å². The number of benzene rings is 1. The third-order valence-electron chi connectivity index (χ3n) is 4.94. The highest BCUT2D eigenvalue weighted by atomic mass is 16.3. The molecule has 1 heterocycles. The smallest absolute Gasteiger partial charge is 0.189 e. The van der Waals surface area contributed by atoms with Crippen LogP contribution in [0.15, 0.2) is 52.1 Å². The Morgan fingerprint density at radius 1 is 1.12 bits per heavy atom. The number of aliphatic imine (C=N–C) groups is 1. The molecule has 0 spiro atoms. The number of furan rings is 1. The Morgan fingerprint density at radius 3 is 2.62 bits per heavy atom. The second kappa shape index (κ2) is 9.43. The van der Waals surface area contributed by atoms with E-state index in [-0.39, 0.29) is 0 Å². The first-order valence-corrected chi connectivity index (χ1v) is 9.55. The molecule has 1 aromatic heterocycles. The van der Waals surface area contributed by atoms with E-state index < -0.39 is 0 Å². The lowest BCUT2D eigenvalue weighted by molar-refractivity contribution is 0.287. The molecule has 5 heteroatoms. The standard InChI is InChI=1S/C21H30N4O/c1-25(16-20-12-7-13-26-20)15-18-9-6-5-8-17(18)14-23-21(22)24-19-10-3-2-4-11-19/h5-9,12-13,19H,2-4,10-11,14-16H2,1H3,(H3,22,23,24). The number of nitrogens with two attached hydrogens (primary N) is 1. The number of hydrogen-bond donors (Lipinski definition) is 2. The van der Waals surface area contributed by atoms with Gasteiger partial charge in [-0.2, -0.15) is 0 Å². The van der Waals surface area contributed by atoms with Gasteiger partial charge in [-0.05, 0) is 43.1 Å². The van der Waals surface area contributed by atoms with Gasteiger partial charge in [-0.25, -0.2) is 4.99 Å². The van der Waals surface area contributed by atoms with Crippen molar-refractivity contribution in [1.29, 1.82) is 0 Å². The van der Waals surface area contributed by atoms with Gasteiger partial charge in [-0.3, -0.25) is 4.90 Å². The molecule has 0 unspecified atom stereocenters. The average Bonchev–Trinajstić information content (AvgIpc) is 3.14. The maximum atomic E-state index is 6.11. The molecule has 2 aromatic rings. The van der Waals surface area contributed by atoms with Gasteiger partial charge in [0.15, 0.2) is 5.96 Å². The molecule has 0 radical (unpaired) electrons. The first-order chi connectivity index (χ1) is 12.7. The molecule has 1 saturated carbocycles. The van der Waals surface area contributed by atoms with Crippen LogP contribution < -0.4 is 11.1 Å². The highest BCUT2D eigenvalue weighted by Gasteiger charge is 2.13. The van der Waals surface area contributed by atoms with Gasteiger partial charge in [0.2, 0.25) is 0 Å². The predicted octanol–water partition coefficient (Wildman–Crippen LogP) is 3.65. The normalized spacial score (nSPS) is 16.2. The van der Waals surface area contributed by atoms with Crippen molar-refractivity contribution in [2.45, 2.75) is 57.8 Å². The van der Waals surface area contributed by atoms with Gasteiger partial charge in [-0.15, -0.1) is 0 Å². The molecule has 1 aliphatic carbocycles. The Balaban J connectivity index is 1.56. The van der Waals surface area contributed by atoms with Crippen LogP contribution in [0.25, 0.3) is 0 Å². The van der Waals surface area contributed by atoms with Crippen molar-refractivity contribution >= 4 is 5.96 Å². The van der Waals surface area contributed by atoms with Crippen molar-refractivity contribution in [3.05, 3.63) is 59.5 Å². The Morgan fingerprint density at radius 2 is 1.88 bits per heavy atom. The molecule has 3 N–H and O–H groups in total. The van der Waals surface area contributed by atoms with E-state index in [1.165, 1.54) is 43.2 Å². The van der Waals surface area contributed by atoms with E-state index in [0.29, 0.717) is 18.5 Å². The number of nitrogens with zero attached hydrogens (tertiary/aromatic N) is 2. The molecule has 1 aliphatic rings. The summed E-state index contributed by atoms with van der Waals surface area (Å²) < 4.78 is 5.43. The van der Waals surface area contributed by atoms with Crippen molar-refractivity contribution in [1.82, 2.24) is 10.2 Å². The first-order valence-electron chi connectivity index (χ1n) is 9.55. The molecule has 26 heavy (non-hydrogen) atoms. The molecule has 3 rings (SSSR count). The third-order valence-corrected chi connectivity index (χ3v) is 4.94. The zero-order chi connectivity index (χ0) is 18.2. The molecule has 0 amide bonds. The summed E-state index contributed by atoms with van der Waals surface area (Å²) in [5.41, 5.74) is 8.60. The fraction of sp³-hybridized carbons (Fsp3) is 0.476. The number of hydrogen-bond acceptors (Lipinski definition) is 3. The second-order valence-electron chi connectivity index (χ2n) is 7.20. The molecule has 0 bridgehead atoms. The molecule has 1 aromatic carbocycles. The Bertz CT molecular complexity index is 690. The lowest BCUT2D eigenvalue weighted by atomic mass is 9.96. The van der Waals surface area contributed by atoms with E-state index >= 15 is 0 Å². The van der Waals surface area contributed by atoms with Crippen LogP contribution >= 0.6 is 0 Å². The summed E-state index contributed by atoms with van der Waals surface area (Å²) in [5.74, 6) is 1.54. The van der Waals surface area contributed by atoms with E-state index in [0.717, 1.165) is 18.8 Å². The summed E-state index contributed by atoms with van der Waals surface area (Å²) in [6.45, 7) is 2.24. The largest absolute Gasteiger partial charge is 0.468 e. The van der Waals surface area contributed by atoms with Crippen molar-refractivity contribution in [3.8, 4) is 0 Å². The van der Waals surface area contributed by atoms with Gasteiger partial charge in [0.25, 0.3) is 0 Å². The van der Waals surface area contributed by atoms with Crippen molar-refractivity contribution < 1.29 is 4.42 Å². The lowest BCUT2D eigenvalue weighted by Crippen LogP contribution is -2.41. The molecule has 1 fully saturated rings. The Hall–Kier alpha value is -2.27. The van der Waals surface area contributed by atoms with E-state index in [2.05, 4.69) is 46.5 Å². The average molecular weight is 354 g/mol. The minimum absolute atomic E-state index is 0.488. The Kier molecular flexibility index (Phi) is 6.72. The van der Waals surface area contributed by atoms with Crippen LogP contribution in [0.1, 0.15) is 49.0 Å². The van der Waals surface area contributed by atoms with Gasteiger partial charge < -0.3 is 15.5 Å². The summed E-state index contributed by atoms with van der Waals surface area (Å²) in [5, 5.41) is 3.38. The topological polar surface area (TPSA) is 66.8 Å². The summed E-state index contributed by atoms with van der Waals surface area (Å²) in [4.78, 5) is 6.82. The fourth-order valence-corrected chi connectivity index (χ4v) is 3.55. The SMILES string of the molecule is CN(Cc1ccco1)Cc1ccccc1CN=C(N)NC1CCCCC1. The zero-order valence-electron chi connectivity index (χ0n) is 15.7. The monoisotopic (exact) mass is 354 g/mol. The van der Waals surface area contributed by atoms with Crippen LogP contribution in [0.4, 0.5) is 0 Å².